The van der Waals surface area contributed by atoms with Crippen LogP contribution in [0.4, 0.5) is 0 Å². The van der Waals surface area contributed by atoms with Crippen molar-refractivity contribution < 1.29 is 5.11 Å². The number of alkyl halides is 1. The zero-order valence-corrected chi connectivity index (χ0v) is 13.1. The highest BCUT2D eigenvalue weighted by Crippen LogP contribution is 2.45. The summed E-state index contributed by atoms with van der Waals surface area (Å²) in [6.45, 7) is 3.93. The Balaban J connectivity index is 2.47. The molecule has 0 fully saturated rings. The van der Waals surface area contributed by atoms with E-state index in [-0.39, 0.29) is 5.92 Å². The van der Waals surface area contributed by atoms with E-state index in [1.165, 1.54) is 0 Å². The standard InChI is InChI=1S/C17H18Cl2O/c1-12(2)17(20,14-8-10-15(18)11-9-14)16(19)13-6-4-3-5-7-13/h3-12,16,20H,1-2H3. The van der Waals surface area contributed by atoms with Gasteiger partial charge in [0, 0.05) is 5.02 Å². The molecule has 0 saturated heterocycles. The number of hydrogen-bond acceptors (Lipinski definition) is 1. The summed E-state index contributed by atoms with van der Waals surface area (Å²) in [6, 6.07) is 16.9. The maximum absolute atomic E-state index is 11.2. The highest BCUT2D eigenvalue weighted by molar-refractivity contribution is 6.30. The van der Waals surface area contributed by atoms with Crippen LogP contribution < -0.4 is 0 Å². The van der Waals surface area contributed by atoms with Crippen molar-refractivity contribution in [1.82, 2.24) is 0 Å². The van der Waals surface area contributed by atoms with Gasteiger partial charge in [-0.3, -0.25) is 0 Å². The molecule has 2 rings (SSSR count). The van der Waals surface area contributed by atoms with E-state index in [4.69, 9.17) is 23.2 Å². The van der Waals surface area contributed by atoms with E-state index in [1.807, 2.05) is 56.3 Å². The van der Waals surface area contributed by atoms with Crippen molar-refractivity contribution in [1.29, 1.82) is 0 Å². The zero-order chi connectivity index (χ0) is 14.8. The van der Waals surface area contributed by atoms with Gasteiger partial charge in [0.05, 0.1) is 5.38 Å². The van der Waals surface area contributed by atoms with E-state index in [1.54, 1.807) is 12.1 Å². The SMILES string of the molecule is CC(C)C(O)(c1ccc(Cl)cc1)C(Cl)c1ccccc1. The summed E-state index contributed by atoms with van der Waals surface area (Å²) in [6.07, 6.45) is 0. The maximum Gasteiger partial charge on any atom is 0.112 e. The van der Waals surface area contributed by atoms with Crippen LogP contribution in [0.1, 0.15) is 30.4 Å². The lowest BCUT2D eigenvalue weighted by molar-refractivity contribution is -0.0151. The van der Waals surface area contributed by atoms with Gasteiger partial charge in [-0.2, -0.15) is 0 Å². The summed E-state index contributed by atoms with van der Waals surface area (Å²) in [7, 11) is 0. The van der Waals surface area contributed by atoms with Gasteiger partial charge in [-0.25, -0.2) is 0 Å². The van der Waals surface area contributed by atoms with E-state index in [2.05, 4.69) is 0 Å². The minimum absolute atomic E-state index is 0.0358. The number of hydrogen-bond donors (Lipinski definition) is 1. The Morgan fingerprint density at radius 3 is 2.00 bits per heavy atom. The van der Waals surface area contributed by atoms with E-state index in [0.717, 1.165) is 11.1 Å². The predicted molar refractivity (Wildman–Crippen MR) is 85.2 cm³/mol. The molecule has 2 aromatic carbocycles. The van der Waals surface area contributed by atoms with Crippen molar-refractivity contribution in [3.8, 4) is 0 Å². The number of aliphatic hydroxyl groups is 1. The van der Waals surface area contributed by atoms with Gasteiger partial charge in [0.25, 0.3) is 0 Å². The van der Waals surface area contributed by atoms with Gasteiger partial charge in [-0.15, -0.1) is 11.6 Å². The molecular weight excluding hydrogens is 291 g/mol. The summed E-state index contributed by atoms with van der Waals surface area (Å²) >= 11 is 12.5. The number of benzene rings is 2. The molecule has 0 amide bonds. The first-order valence-corrected chi connectivity index (χ1v) is 7.45. The smallest absolute Gasteiger partial charge is 0.112 e. The van der Waals surface area contributed by atoms with Crippen LogP contribution in [-0.2, 0) is 5.60 Å². The quantitative estimate of drug-likeness (QED) is 0.773. The van der Waals surface area contributed by atoms with Gasteiger partial charge in [-0.1, -0.05) is 67.9 Å². The fourth-order valence-electron chi connectivity index (χ4n) is 2.37. The monoisotopic (exact) mass is 308 g/mol. The second-order valence-corrected chi connectivity index (χ2v) is 6.13. The lowest BCUT2D eigenvalue weighted by atomic mass is 9.78. The first-order chi connectivity index (χ1) is 9.46. The molecule has 0 aromatic heterocycles. The first-order valence-electron chi connectivity index (χ1n) is 6.63. The summed E-state index contributed by atoms with van der Waals surface area (Å²) in [4.78, 5) is 0. The van der Waals surface area contributed by atoms with Crippen molar-refractivity contribution in [2.45, 2.75) is 24.8 Å². The molecule has 0 bridgehead atoms. The van der Waals surface area contributed by atoms with E-state index in [9.17, 15) is 5.11 Å². The first kappa shape index (κ1) is 15.4. The zero-order valence-electron chi connectivity index (χ0n) is 11.6. The third-order valence-corrected chi connectivity index (χ3v) is 4.50. The van der Waals surface area contributed by atoms with Crippen LogP contribution in [0.2, 0.25) is 5.02 Å². The van der Waals surface area contributed by atoms with Crippen LogP contribution in [0.25, 0.3) is 0 Å². The van der Waals surface area contributed by atoms with E-state index in [0.29, 0.717) is 5.02 Å². The normalized spacial score (nSPS) is 15.9. The van der Waals surface area contributed by atoms with Crippen molar-refractivity contribution in [2.75, 3.05) is 0 Å². The van der Waals surface area contributed by atoms with Gasteiger partial charge in [0.1, 0.15) is 5.60 Å². The fraction of sp³-hybridized carbons (Fsp3) is 0.294. The van der Waals surface area contributed by atoms with Crippen LogP contribution in [0.15, 0.2) is 54.6 Å². The molecule has 2 aromatic rings. The molecule has 1 N–H and O–H groups in total. The summed E-state index contributed by atoms with van der Waals surface area (Å²) in [5, 5.41) is 11.3. The minimum atomic E-state index is -1.15. The van der Waals surface area contributed by atoms with Crippen LogP contribution >= 0.6 is 23.2 Å². The van der Waals surface area contributed by atoms with Gasteiger partial charge in [0.15, 0.2) is 0 Å². The number of halogens is 2. The van der Waals surface area contributed by atoms with Crippen molar-refractivity contribution in [2.24, 2.45) is 5.92 Å². The molecule has 3 heteroatoms. The molecule has 20 heavy (non-hydrogen) atoms. The minimum Gasteiger partial charge on any atom is -0.383 e. The molecule has 0 spiro atoms. The average Bonchev–Trinajstić information content (AvgIpc) is 2.47. The Bertz CT molecular complexity index is 551. The van der Waals surface area contributed by atoms with Crippen molar-refractivity contribution >= 4 is 23.2 Å². The molecule has 0 aliphatic rings. The Morgan fingerprint density at radius 1 is 0.950 bits per heavy atom. The van der Waals surface area contributed by atoms with Crippen LogP contribution in [0.5, 0.6) is 0 Å². The van der Waals surface area contributed by atoms with Crippen molar-refractivity contribution in [3.63, 3.8) is 0 Å². The molecule has 0 saturated carbocycles. The lowest BCUT2D eigenvalue weighted by Crippen LogP contribution is -2.36. The number of rotatable bonds is 4. The third-order valence-electron chi connectivity index (χ3n) is 3.67. The molecule has 0 radical (unpaired) electrons. The van der Waals surface area contributed by atoms with Crippen LogP contribution in [0, 0.1) is 5.92 Å². The molecular formula is C17H18Cl2O. The average molecular weight is 309 g/mol. The predicted octanol–water partition coefficient (Wildman–Crippen LogP) is 5.16. The summed E-state index contributed by atoms with van der Waals surface area (Å²) < 4.78 is 0. The van der Waals surface area contributed by atoms with Crippen molar-refractivity contribution in [3.05, 3.63) is 70.7 Å². The maximum atomic E-state index is 11.2. The van der Waals surface area contributed by atoms with Gasteiger partial charge >= 0.3 is 0 Å². The van der Waals surface area contributed by atoms with E-state index >= 15 is 0 Å². The molecule has 2 unspecified atom stereocenters. The van der Waals surface area contributed by atoms with Gasteiger partial charge in [-0.05, 0) is 29.2 Å². The molecule has 106 valence electrons. The second-order valence-electron chi connectivity index (χ2n) is 5.26. The highest BCUT2D eigenvalue weighted by Gasteiger charge is 2.41. The summed E-state index contributed by atoms with van der Waals surface area (Å²) in [5.41, 5.74) is 0.536. The molecule has 2 atom stereocenters. The van der Waals surface area contributed by atoms with Gasteiger partial charge < -0.3 is 5.11 Å². The molecule has 1 nitrogen and oxygen atoms in total. The Morgan fingerprint density at radius 2 is 1.50 bits per heavy atom. The van der Waals surface area contributed by atoms with E-state index < -0.39 is 11.0 Å². The van der Waals surface area contributed by atoms with Gasteiger partial charge in [0.2, 0.25) is 0 Å². The highest BCUT2D eigenvalue weighted by atomic mass is 35.5. The lowest BCUT2D eigenvalue weighted by Gasteiger charge is -2.37. The summed E-state index contributed by atoms with van der Waals surface area (Å²) in [5.74, 6) is -0.0358. The second kappa shape index (κ2) is 6.17. The fourth-order valence-corrected chi connectivity index (χ4v) is 3.01. The largest absolute Gasteiger partial charge is 0.383 e. The molecule has 0 aliphatic heterocycles. The third kappa shape index (κ3) is 2.85. The molecule has 0 aliphatic carbocycles. The van der Waals surface area contributed by atoms with Crippen LogP contribution in [0.3, 0.4) is 0 Å². The molecule has 0 heterocycles. The topological polar surface area (TPSA) is 20.2 Å². The Hall–Kier alpha value is -1.02. The van der Waals surface area contributed by atoms with Crippen LogP contribution in [-0.4, -0.2) is 5.11 Å². The Labute approximate surface area is 130 Å². The Kier molecular flexibility index (Phi) is 4.74.